The largest absolute Gasteiger partial charge is 0.481 e. The summed E-state index contributed by atoms with van der Waals surface area (Å²) < 4.78 is 0. The average Bonchev–Trinajstić information content (AvgIpc) is 2.02. The monoisotopic (exact) mass is 159 g/mol. The Morgan fingerprint density at radius 2 is 2.09 bits per heavy atom. The molecule has 0 saturated carbocycles. The standard InChI is InChI=1S/C7H12O2.CH5N/c1-2-3-4-5-6-7(8)9;1-2/h2H,1,3-6H2,(H,8,9);2H2,1H3. The van der Waals surface area contributed by atoms with Crippen molar-refractivity contribution in [2.45, 2.75) is 25.7 Å². The van der Waals surface area contributed by atoms with Crippen molar-refractivity contribution in [1.29, 1.82) is 0 Å². The Kier molecular flexibility index (Phi) is 13.9. The van der Waals surface area contributed by atoms with Crippen molar-refractivity contribution in [2.24, 2.45) is 5.73 Å². The number of carboxylic acid groups (broad SMARTS) is 1. The van der Waals surface area contributed by atoms with Gasteiger partial charge in [-0.25, -0.2) is 0 Å². The molecular formula is C8H17NO2. The number of hydrogen-bond donors (Lipinski definition) is 2. The van der Waals surface area contributed by atoms with E-state index in [4.69, 9.17) is 5.11 Å². The number of unbranched alkanes of at least 4 members (excludes halogenated alkanes) is 2. The van der Waals surface area contributed by atoms with E-state index in [1.165, 1.54) is 7.05 Å². The van der Waals surface area contributed by atoms with E-state index in [-0.39, 0.29) is 6.42 Å². The van der Waals surface area contributed by atoms with Gasteiger partial charge in [-0.3, -0.25) is 4.79 Å². The molecule has 66 valence electrons. The summed E-state index contributed by atoms with van der Waals surface area (Å²) in [5, 5.41) is 8.19. The maximum absolute atomic E-state index is 9.94. The summed E-state index contributed by atoms with van der Waals surface area (Å²) in [6.45, 7) is 3.53. The average molecular weight is 159 g/mol. The predicted molar refractivity (Wildman–Crippen MR) is 46.4 cm³/mol. The molecule has 0 aromatic carbocycles. The van der Waals surface area contributed by atoms with Crippen molar-refractivity contribution in [2.75, 3.05) is 7.05 Å². The van der Waals surface area contributed by atoms with Crippen molar-refractivity contribution in [3.8, 4) is 0 Å². The molecule has 0 unspecified atom stereocenters. The molecule has 0 bridgehead atoms. The summed E-state index contributed by atoms with van der Waals surface area (Å²) in [6, 6.07) is 0. The van der Waals surface area contributed by atoms with Gasteiger partial charge in [-0.1, -0.05) is 6.08 Å². The molecule has 11 heavy (non-hydrogen) atoms. The van der Waals surface area contributed by atoms with Crippen LogP contribution < -0.4 is 5.73 Å². The highest BCUT2D eigenvalue weighted by Crippen LogP contribution is 1.98. The van der Waals surface area contributed by atoms with Gasteiger partial charge < -0.3 is 10.8 Å². The van der Waals surface area contributed by atoms with Crippen LogP contribution in [-0.4, -0.2) is 18.1 Å². The van der Waals surface area contributed by atoms with Gasteiger partial charge in [-0.15, -0.1) is 6.58 Å². The van der Waals surface area contributed by atoms with Crippen LogP contribution in [0, 0.1) is 0 Å². The van der Waals surface area contributed by atoms with E-state index in [1.807, 2.05) is 6.08 Å². The highest BCUT2D eigenvalue weighted by Gasteiger charge is 1.93. The van der Waals surface area contributed by atoms with E-state index < -0.39 is 5.97 Å². The van der Waals surface area contributed by atoms with Gasteiger partial charge in [0.15, 0.2) is 0 Å². The van der Waals surface area contributed by atoms with E-state index in [9.17, 15) is 4.79 Å². The van der Waals surface area contributed by atoms with Crippen molar-refractivity contribution in [3.63, 3.8) is 0 Å². The lowest BCUT2D eigenvalue weighted by Crippen LogP contribution is -1.92. The first-order chi connectivity index (χ1) is 5.27. The molecule has 0 amide bonds. The number of hydrogen-bond acceptors (Lipinski definition) is 2. The van der Waals surface area contributed by atoms with Crippen LogP contribution in [0.2, 0.25) is 0 Å². The Balaban J connectivity index is 0. The van der Waals surface area contributed by atoms with E-state index in [0.29, 0.717) is 0 Å². The minimum Gasteiger partial charge on any atom is -0.481 e. The lowest BCUT2D eigenvalue weighted by Gasteiger charge is -1.90. The molecule has 3 heteroatoms. The topological polar surface area (TPSA) is 63.3 Å². The minimum atomic E-state index is -0.709. The SMILES string of the molecule is C=CCCCCC(=O)O.CN. The Bertz CT molecular complexity index is 102. The molecule has 3 N–H and O–H groups in total. The third-order valence-electron chi connectivity index (χ3n) is 1.05. The predicted octanol–water partition coefficient (Wildman–Crippen LogP) is 1.39. The van der Waals surface area contributed by atoms with Gasteiger partial charge >= 0.3 is 5.97 Å². The third-order valence-corrected chi connectivity index (χ3v) is 1.05. The molecule has 0 saturated heterocycles. The fourth-order valence-electron chi connectivity index (χ4n) is 0.565. The molecule has 0 atom stereocenters. The molecule has 0 rings (SSSR count). The number of aliphatic carboxylic acids is 1. The summed E-state index contributed by atoms with van der Waals surface area (Å²) in [5.74, 6) is -0.709. The van der Waals surface area contributed by atoms with Crippen LogP contribution in [0.15, 0.2) is 12.7 Å². The zero-order valence-corrected chi connectivity index (χ0v) is 7.05. The van der Waals surface area contributed by atoms with Crippen LogP contribution in [-0.2, 0) is 4.79 Å². The first-order valence-electron chi connectivity index (χ1n) is 3.68. The number of rotatable bonds is 5. The maximum atomic E-state index is 9.94. The maximum Gasteiger partial charge on any atom is 0.303 e. The Morgan fingerprint density at radius 3 is 2.45 bits per heavy atom. The molecule has 0 aliphatic heterocycles. The highest BCUT2D eigenvalue weighted by atomic mass is 16.4. The lowest BCUT2D eigenvalue weighted by atomic mass is 10.2. The quantitative estimate of drug-likeness (QED) is 0.470. The van der Waals surface area contributed by atoms with E-state index >= 15 is 0 Å². The molecular weight excluding hydrogens is 142 g/mol. The number of allylic oxidation sites excluding steroid dienone is 1. The van der Waals surface area contributed by atoms with Crippen molar-refractivity contribution in [1.82, 2.24) is 0 Å². The van der Waals surface area contributed by atoms with Crippen LogP contribution in [0.5, 0.6) is 0 Å². The van der Waals surface area contributed by atoms with Crippen LogP contribution >= 0.6 is 0 Å². The molecule has 0 aliphatic rings. The highest BCUT2D eigenvalue weighted by molar-refractivity contribution is 5.66. The third kappa shape index (κ3) is 17.6. The summed E-state index contributed by atoms with van der Waals surface area (Å²) in [6.07, 6.45) is 4.72. The van der Waals surface area contributed by atoms with Crippen LogP contribution in [0.1, 0.15) is 25.7 Å². The Morgan fingerprint density at radius 1 is 1.55 bits per heavy atom. The van der Waals surface area contributed by atoms with Gasteiger partial charge in [0.05, 0.1) is 0 Å². The second-order valence-corrected chi connectivity index (χ2v) is 1.93. The van der Waals surface area contributed by atoms with E-state index in [2.05, 4.69) is 12.3 Å². The molecule has 0 heterocycles. The molecule has 3 nitrogen and oxygen atoms in total. The molecule has 0 aromatic heterocycles. The zero-order chi connectivity index (χ0) is 9.11. The van der Waals surface area contributed by atoms with Crippen LogP contribution in [0.3, 0.4) is 0 Å². The number of carboxylic acids is 1. The molecule has 0 radical (unpaired) electrons. The van der Waals surface area contributed by atoms with Crippen molar-refractivity contribution < 1.29 is 9.90 Å². The number of nitrogens with two attached hydrogens (primary N) is 1. The second-order valence-electron chi connectivity index (χ2n) is 1.93. The Labute approximate surface area is 67.9 Å². The summed E-state index contributed by atoms with van der Waals surface area (Å²) in [4.78, 5) is 9.94. The first kappa shape index (κ1) is 12.8. The first-order valence-corrected chi connectivity index (χ1v) is 3.68. The van der Waals surface area contributed by atoms with E-state index in [0.717, 1.165) is 19.3 Å². The van der Waals surface area contributed by atoms with Gasteiger partial charge in [-0.05, 0) is 26.3 Å². The minimum absolute atomic E-state index is 0.286. The lowest BCUT2D eigenvalue weighted by molar-refractivity contribution is -0.137. The molecule has 0 fully saturated rings. The smallest absolute Gasteiger partial charge is 0.303 e. The van der Waals surface area contributed by atoms with Gasteiger partial charge in [-0.2, -0.15) is 0 Å². The summed E-state index contributed by atoms with van der Waals surface area (Å²) in [7, 11) is 1.50. The van der Waals surface area contributed by atoms with Gasteiger partial charge in [0.2, 0.25) is 0 Å². The van der Waals surface area contributed by atoms with Crippen molar-refractivity contribution >= 4 is 5.97 Å². The van der Waals surface area contributed by atoms with Gasteiger partial charge in [0.1, 0.15) is 0 Å². The van der Waals surface area contributed by atoms with Crippen molar-refractivity contribution in [3.05, 3.63) is 12.7 Å². The van der Waals surface area contributed by atoms with Gasteiger partial charge in [0.25, 0.3) is 0 Å². The normalized spacial score (nSPS) is 7.82. The zero-order valence-electron chi connectivity index (χ0n) is 7.05. The van der Waals surface area contributed by atoms with Crippen LogP contribution in [0.4, 0.5) is 0 Å². The second kappa shape index (κ2) is 11.9. The summed E-state index contributed by atoms with van der Waals surface area (Å²) in [5.41, 5.74) is 4.50. The number of carbonyl (C=O) groups is 1. The fourth-order valence-corrected chi connectivity index (χ4v) is 0.565. The molecule has 0 spiro atoms. The van der Waals surface area contributed by atoms with Crippen LogP contribution in [0.25, 0.3) is 0 Å². The summed E-state index contributed by atoms with van der Waals surface area (Å²) >= 11 is 0. The Hall–Kier alpha value is -0.830. The molecule has 0 aliphatic carbocycles. The molecule has 0 aromatic rings. The van der Waals surface area contributed by atoms with E-state index in [1.54, 1.807) is 0 Å². The van der Waals surface area contributed by atoms with Gasteiger partial charge in [0, 0.05) is 6.42 Å². The fraction of sp³-hybridized carbons (Fsp3) is 0.625.